The normalized spacial score (nSPS) is 11.0. The van der Waals surface area contributed by atoms with Crippen molar-refractivity contribution in [3.8, 4) is 5.75 Å². The van der Waals surface area contributed by atoms with Gasteiger partial charge in [-0.1, -0.05) is 58.9 Å². The standard InChI is InChI=1S/C8H7O2.3C8H17.C7F5O.2C7H5O.6C6H5.3C3H9Si.4Sn/c1-10-8-4-2-7(6-9)3-5-8;3*1-3-5-7-8-6-4-2;8-3-2(1-13)4(9)6(11)7(12)5(3)10;2*8-6-7-4-2-1-3-5-7;6*1-2-4-6-5-3-1;3*1-4(2)3;;;;/h2-5H,1H3;3*1,3-8H2,2H3;;2*1-5H;6*1-5H;3*1-3H3;;;;. The van der Waals surface area contributed by atoms with Crippen molar-refractivity contribution in [3.63, 3.8) is 0 Å². The molecule has 0 fully saturated rings. The van der Waals surface area contributed by atoms with Crippen molar-refractivity contribution in [2.75, 3.05) is 7.11 Å². The van der Waals surface area contributed by atoms with Gasteiger partial charge in [0.15, 0.2) is 0 Å². The van der Waals surface area contributed by atoms with Crippen molar-refractivity contribution in [1.82, 2.24) is 0 Å². The van der Waals surface area contributed by atoms with Gasteiger partial charge in [0.1, 0.15) is 0 Å². The van der Waals surface area contributed by atoms with Crippen LogP contribution in [0.4, 0.5) is 22.0 Å². The van der Waals surface area contributed by atoms with Crippen LogP contribution >= 0.6 is 0 Å². The number of halogens is 5. The van der Waals surface area contributed by atoms with E-state index in [1.54, 1.807) is 98.1 Å². The summed E-state index contributed by atoms with van der Waals surface area (Å²) in [4.78, 5) is 53.1. The second-order valence-electron chi connectivity index (χ2n) is 30.8. The summed E-state index contributed by atoms with van der Waals surface area (Å²) < 4.78 is 85.8. The van der Waals surface area contributed by atoms with Crippen molar-refractivity contribution >= 4 is 141 Å². The molecule has 115 heavy (non-hydrogen) atoms. The molecule has 10 rings (SSSR count). The van der Waals surface area contributed by atoms with Crippen LogP contribution in [0.15, 0.2) is 267 Å². The molecule has 610 valence electrons. The summed E-state index contributed by atoms with van der Waals surface area (Å²) in [6.45, 7) is 27.3. The Hall–Kier alpha value is -5.82. The van der Waals surface area contributed by atoms with Crippen LogP contribution in [0, 0.1) is 29.1 Å². The molecule has 10 aromatic carbocycles. The molecule has 0 unspecified atom stereocenters. The van der Waals surface area contributed by atoms with Crippen molar-refractivity contribution in [3.05, 3.63) is 318 Å². The molecule has 17 heteroatoms. The van der Waals surface area contributed by atoms with E-state index in [1.807, 2.05) is 109 Å². The number of carbonyl (C=O) groups is 4. The first kappa shape index (κ1) is 102. The first-order valence-corrected chi connectivity index (χ1v) is 70.5. The van der Waals surface area contributed by atoms with Crippen LogP contribution in [0.5, 0.6) is 5.75 Å². The number of ether oxygens (including phenoxy) is 1. The van der Waals surface area contributed by atoms with Gasteiger partial charge in [-0.2, -0.15) is 0 Å². The van der Waals surface area contributed by atoms with Gasteiger partial charge in [-0.15, -0.1) is 0 Å². The van der Waals surface area contributed by atoms with Gasteiger partial charge in [-0.25, -0.2) is 0 Å². The molecule has 0 N–H and O–H groups in total. The Morgan fingerprint density at radius 3 is 0.748 bits per heavy atom. The quantitative estimate of drug-likeness (QED) is 0.0130. The van der Waals surface area contributed by atoms with E-state index in [0.717, 1.165) is 55.7 Å². The molecule has 0 amide bonds. The number of hydrogen-bond acceptors (Lipinski definition) is 5. The van der Waals surface area contributed by atoms with Crippen LogP contribution in [-0.4, -0.2) is 126 Å². The van der Waals surface area contributed by atoms with Gasteiger partial charge >= 0.3 is 641 Å². The van der Waals surface area contributed by atoms with Crippen molar-refractivity contribution in [2.45, 2.75) is 209 Å². The summed E-state index contributed by atoms with van der Waals surface area (Å²) in [6.07, 6.45) is 24.2. The molecular weight excluding hydrogens is 1910 g/mol. The molecule has 0 atom stereocenters. The van der Waals surface area contributed by atoms with Gasteiger partial charge in [0.05, 0.1) is 0 Å². The summed E-state index contributed by atoms with van der Waals surface area (Å²) in [5, 5.41) is 0. The van der Waals surface area contributed by atoms with Crippen molar-refractivity contribution < 1.29 is 45.9 Å². The third-order valence-corrected chi connectivity index (χ3v) is 60.9. The minimum absolute atomic E-state index is 0.120. The molecule has 0 aliphatic carbocycles. The van der Waals surface area contributed by atoms with E-state index in [4.69, 9.17) is 4.74 Å². The summed E-state index contributed by atoms with van der Waals surface area (Å²) >= 11 is -11.0. The number of unbranched alkanes of at least 4 members (excludes halogenated alkanes) is 15. The van der Waals surface area contributed by atoms with E-state index < -0.39 is 93.6 Å². The molecule has 0 heterocycles. The Balaban J connectivity index is 0.000000321. The molecule has 0 aliphatic heterocycles. The average molecular weight is 2040 g/mol. The van der Waals surface area contributed by atoms with Crippen molar-refractivity contribution in [1.29, 1.82) is 0 Å². The molecule has 0 aliphatic rings. The predicted molar refractivity (Wildman–Crippen MR) is 493 cm³/mol. The van der Waals surface area contributed by atoms with Gasteiger partial charge in [0, 0.05) is 26.4 Å². The minimum atomic E-state index is -5.04. The van der Waals surface area contributed by atoms with Gasteiger partial charge in [-0.05, 0) is 0 Å². The molecule has 0 saturated carbocycles. The third kappa shape index (κ3) is 33.4. The Kier molecular flexibility index (Phi) is 50.6. The van der Waals surface area contributed by atoms with E-state index in [1.165, 1.54) is 129 Å². The van der Waals surface area contributed by atoms with Gasteiger partial charge in [0.2, 0.25) is 0 Å². The fourth-order valence-corrected chi connectivity index (χ4v) is 54.0. The maximum atomic E-state index is 14.8. The molecule has 0 aromatic heterocycles. The predicted octanol–water partition coefficient (Wildman–Crippen LogP) is 23.9. The summed E-state index contributed by atoms with van der Waals surface area (Å²) in [6, 6.07) is 83.5. The van der Waals surface area contributed by atoms with Gasteiger partial charge in [0.25, 0.3) is 0 Å². The first-order chi connectivity index (χ1) is 55.4. The SMILES string of the molecule is CCCCCCC[CH2][Sn]([CH2]CCCCCCC)([CH2]CCCCCCC)[C](=O)c1ccccc1.COc1ccc([C](=O)[Sn]([c]2ccccc2)([c]2ccccc2)[c]2ccccc2)cc1.C[Si](C)C.C[Si](C)C.C[Si](C)C.O=[C]([Sn])c1ccccc1.O=[C](c1c(F)c(F)c(F)c(F)c1F)[Sn]([c]1ccccc1)([c]1ccccc1)[c]1ccccc1. The Morgan fingerprint density at radius 2 is 0.504 bits per heavy atom. The second kappa shape index (κ2) is 57.4. The molecular formula is C98H125F5O5Si3Sn4. The van der Waals surface area contributed by atoms with Crippen LogP contribution < -0.4 is 26.2 Å². The third-order valence-electron chi connectivity index (χ3n) is 19.3. The zero-order valence-electron chi connectivity index (χ0n) is 70.7. The van der Waals surface area contributed by atoms with Crippen LogP contribution in [-0.2, 0) is 0 Å². The first-order valence-electron chi connectivity index (χ1n) is 41.2. The number of hydrogen-bond donors (Lipinski definition) is 0. The molecule has 0 saturated heterocycles. The number of rotatable bonds is 35. The fourth-order valence-electron chi connectivity index (χ4n) is 13.8. The van der Waals surface area contributed by atoms with Crippen LogP contribution in [0.1, 0.15) is 178 Å². The van der Waals surface area contributed by atoms with E-state index >= 15 is 0 Å². The monoisotopic (exact) mass is 2040 g/mol. The van der Waals surface area contributed by atoms with Gasteiger partial charge < -0.3 is 0 Å². The maximum absolute atomic E-state index is 14.8. The summed E-state index contributed by atoms with van der Waals surface area (Å²) in [5.74, 6) is -10.0. The molecule has 6 radical (unpaired) electrons. The van der Waals surface area contributed by atoms with E-state index in [0.29, 0.717) is 14.5 Å². The zero-order chi connectivity index (χ0) is 84.4. The number of methoxy groups -OCH3 is 1. The average Bonchev–Trinajstić information content (AvgIpc) is 0.731. The molecule has 10 aromatic rings. The van der Waals surface area contributed by atoms with Gasteiger partial charge in [-0.3, -0.25) is 0 Å². The topological polar surface area (TPSA) is 77.5 Å². The van der Waals surface area contributed by atoms with E-state index in [9.17, 15) is 41.1 Å². The fraction of sp³-hybridized carbons (Fsp3) is 0.347. The van der Waals surface area contributed by atoms with E-state index in [-0.39, 0.29) is 34.0 Å². The molecule has 0 spiro atoms. The number of benzene rings is 10. The summed E-state index contributed by atoms with van der Waals surface area (Å²) in [7, 11) is 2.00. The zero-order valence-corrected chi connectivity index (χ0v) is 85.1. The Morgan fingerprint density at radius 1 is 0.287 bits per heavy atom. The Labute approximate surface area is 718 Å². The molecule has 0 bridgehead atoms. The number of carbonyl (C=O) groups excluding carboxylic acids is 4. The Bertz CT molecular complexity index is 4030. The van der Waals surface area contributed by atoms with E-state index in [2.05, 4.69) is 146 Å². The van der Waals surface area contributed by atoms with Crippen LogP contribution in [0.3, 0.4) is 0 Å². The van der Waals surface area contributed by atoms with Crippen LogP contribution in [0.25, 0.3) is 0 Å². The molecule has 5 nitrogen and oxygen atoms in total. The van der Waals surface area contributed by atoms with Crippen molar-refractivity contribution in [2.24, 2.45) is 0 Å². The summed E-state index contributed by atoms with van der Waals surface area (Å²) in [5.41, 5.74) is 1.19. The van der Waals surface area contributed by atoms with Crippen LogP contribution in [0.2, 0.25) is 72.2 Å². The second-order valence-corrected chi connectivity index (χ2v) is 75.0.